The van der Waals surface area contributed by atoms with E-state index in [-0.39, 0.29) is 6.04 Å². The van der Waals surface area contributed by atoms with Crippen molar-refractivity contribution in [3.63, 3.8) is 0 Å². The maximum Gasteiger partial charge on any atom is 0.208 e. The third-order valence-corrected chi connectivity index (χ3v) is 1.51. The average Bonchev–Trinajstić information content (AvgIpc) is 2.04. The van der Waals surface area contributed by atoms with E-state index in [9.17, 15) is 0 Å². The Morgan fingerprint density at radius 2 is 2.09 bits per heavy atom. The van der Waals surface area contributed by atoms with Crippen LogP contribution < -0.4 is 0 Å². The lowest BCUT2D eigenvalue weighted by Crippen LogP contribution is -2.26. The Labute approximate surface area is 65.9 Å². The molecule has 1 aliphatic rings. The molecule has 0 spiro atoms. The molecule has 1 atom stereocenters. The van der Waals surface area contributed by atoms with Gasteiger partial charge in [0, 0.05) is 0 Å². The van der Waals surface area contributed by atoms with E-state index < -0.39 is 0 Å². The number of methoxy groups -OCH3 is 2. The Balaban J connectivity index is 2.63. The fraction of sp³-hybridized carbons (Fsp3) is 0.714. The summed E-state index contributed by atoms with van der Waals surface area (Å²) >= 11 is 0. The SMILES string of the molecule is COC1=N[C@@H](C)C(OC)=NC1. The van der Waals surface area contributed by atoms with E-state index >= 15 is 0 Å². The molecule has 0 amide bonds. The highest BCUT2D eigenvalue weighted by Gasteiger charge is 2.15. The highest BCUT2D eigenvalue weighted by molar-refractivity contribution is 5.91. The van der Waals surface area contributed by atoms with Gasteiger partial charge in [0.25, 0.3) is 0 Å². The zero-order chi connectivity index (χ0) is 8.27. The van der Waals surface area contributed by atoms with E-state index in [1.54, 1.807) is 14.2 Å². The van der Waals surface area contributed by atoms with Crippen LogP contribution in [0.15, 0.2) is 9.98 Å². The number of nitrogens with zero attached hydrogens (tertiary/aromatic N) is 2. The quantitative estimate of drug-likeness (QED) is 0.512. The van der Waals surface area contributed by atoms with Crippen LogP contribution in [0.4, 0.5) is 0 Å². The van der Waals surface area contributed by atoms with Crippen LogP contribution in [-0.2, 0) is 9.47 Å². The molecular weight excluding hydrogens is 144 g/mol. The zero-order valence-electron chi connectivity index (χ0n) is 7.00. The number of ether oxygens (including phenoxy) is 2. The van der Waals surface area contributed by atoms with E-state index in [2.05, 4.69) is 9.98 Å². The minimum Gasteiger partial charge on any atom is -0.483 e. The Kier molecular flexibility index (Phi) is 2.46. The second kappa shape index (κ2) is 3.37. The van der Waals surface area contributed by atoms with Crippen molar-refractivity contribution in [2.45, 2.75) is 13.0 Å². The van der Waals surface area contributed by atoms with Crippen molar-refractivity contribution in [1.29, 1.82) is 0 Å². The van der Waals surface area contributed by atoms with Crippen LogP contribution in [0.3, 0.4) is 0 Å². The molecule has 0 saturated carbocycles. The average molecular weight is 156 g/mol. The second-order valence-electron chi connectivity index (χ2n) is 2.26. The molecule has 0 unspecified atom stereocenters. The molecular formula is C7H12N2O2. The first kappa shape index (κ1) is 8.04. The molecule has 0 aromatic carbocycles. The minimum atomic E-state index is -0.0105. The molecule has 11 heavy (non-hydrogen) atoms. The number of hydrogen-bond donors (Lipinski definition) is 0. The molecule has 0 aliphatic carbocycles. The Bertz CT molecular complexity index is 199. The summed E-state index contributed by atoms with van der Waals surface area (Å²) in [6, 6.07) is -0.0105. The Hall–Kier alpha value is -1.06. The van der Waals surface area contributed by atoms with Crippen LogP contribution in [0.1, 0.15) is 6.92 Å². The third kappa shape index (κ3) is 1.69. The van der Waals surface area contributed by atoms with Crippen molar-refractivity contribution < 1.29 is 9.47 Å². The lowest BCUT2D eigenvalue weighted by Gasteiger charge is -2.15. The minimum absolute atomic E-state index is 0.0105. The number of rotatable bonds is 0. The highest BCUT2D eigenvalue weighted by Crippen LogP contribution is 2.03. The van der Waals surface area contributed by atoms with Gasteiger partial charge in [-0.25, -0.2) is 9.98 Å². The molecule has 1 aliphatic heterocycles. The monoisotopic (exact) mass is 156 g/mol. The fourth-order valence-electron chi connectivity index (χ4n) is 0.942. The van der Waals surface area contributed by atoms with E-state index in [4.69, 9.17) is 9.47 Å². The van der Waals surface area contributed by atoms with Gasteiger partial charge in [-0.3, -0.25) is 0 Å². The van der Waals surface area contributed by atoms with E-state index in [1.807, 2.05) is 6.92 Å². The molecule has 1 heterocycles. The summed E-state index contributed by atoms with van der Waals surface area (Å²) in [5.74, 6) is 1.34. The van der Waals surface area contributed by atoms with Gasteiger partial charge in [-0.15, -0.1) is 0 Å². The van der Waals surface area contributed by atoms with Gasteiger partial charge in [0.15, 0.2) is 0 Å². The summed E-state index contributed by atoms with van der Waals surface area (Å²) in [7, 11) is 3.20. The lowest BCUT2D eigenvalue weighted by atomic mass is 10.3. The van der Waals surface area contributed by atoms with E-state index in [0.29, 0.717) is 18.3 Å². The van der Waals surface area contributed by atoms with Crippen LogP contribution in [0.2, 0.25) is 0 Å². The maximum atomic E-state index is 4.98. The second-order valence-corrected chi connectivity index (χ2v) is 2.26. The zero-order valence-corrected chi connectivity index (χ0v) is 7.00. The summed E-state index contributed by atoms with van der Waals surface area (Å²) in [6.45, 7) is 2.41. The van der Waals surface area contributed by atoms with Crippen LogP contribution in [0.5, 0.6) is 0 Å². The van der Waals surface area contributed by atoms with E-state index in [0.717, 1.165) is 0 Å². The van der Waals surface area contributed by atoms with Gasteiger partial charge in [-0.05, 0) is 6.92 Å². The van der Waals surface area contributed by atoms with Crippen molar-refractivity contribution in [2.24, 2.45) is 9.98 Å². The predicted molar refractivity (Wildman–Crippen MR) is 43.2 cm³/mol. The standard InChI is InChI=1S/C7H12N2O2/c1-5-7(11-3)8-4-6(9-5)10-2/h5H,4H2,1-3H3/t5-/m0/s1. The Morgan fingerprint density at radius 1 is 1.36 bits per heavy atom. The van der Waals surface area contributed by atoms with Crippen LogP contribution in [0, 0.1) is 0 Å². The molecule has 0 bridgehead atoms. The molecule has 1 rings (SSSR count). The van der Waals surface area contributed by atoms with E-state index in [1.165, 1.54) is 0 Å². The lowest BCUT2D eigenvalue weighted by molar-refractivity contribution is 0.363. The number of aliphatic imine (C=N–C) groups is 2. The molecule has 0 saturated heterocycles. The summed E-state index contributed by atoms with van der Waals surface area (Å²) in [6.07, 6.45) is 0. The van der Waals surface area contributed by atoms with Gasteiger partial charge < -0.3 is 9.47 Å². The topological polar surface area (TPSA) is 43.2 Å². The van der Waals surface area contributed by atoms with Gasteiger partial charge >= 0.3 is 0 Å². The molecule has 4 heteroatoms. The first-order valence-electron chi connectivity index (χ1n) is 3.47. The van der Waals surface area contributed by atoms with Crippen LogP contribution >= 0.6 is 0 Å². The first-order chi connectivity index (χ1) is 5.27. The number of hydrogen-bond acceptors (Lipinski definition) is 4. The van der Waals surface area contributed by atoms with Gasteiger partial charge in [0.05, 0.1) is 14.2 Å². The van der Waals surface area contributed by atoms with Crippen LogP contribution in [-0.4, -0.2) is 38.6 Å². The maximum absolute atomic E-state index is 4.98. The third-order valence-electron chi connectivity index (χ3n) is 1.51. The predicted octanol–water partition coefficient (Wildman–Crippen LogP) is 0.478. The van der Waals surface area contributed by atoms with Crippen molar-refractivity contribution >= 4 is 11.8 Å². The molecule has 0 N–H and O–H groups in total. The van der Waals surface area contributed by atoms with Gasteiger partial charge in [0.2, 0.25) is 11.8 Å². The van der Waals surface area contributed by atoms with Crippen molar-refractivity contribution in [1.82, 2.24) is 0 Å². The van der Waals surface area contributed by atoms with Crippen molar-refractivity contribution in [2.75, 3.05) is 20.8 Å². The summed E-state index contributed by atoms with van der Waals surface area (Å²) in [4.78, 5) is 8.31. The van der Waals surface area contributed by atoms with Crippen molar-refractivity contribution in [3.8, 4) is 0 Å². The summed E-state index contributed by atoms with van der Waals surface area (Å²) in [5.41, 5.74) is 0. The first-order valence-corrected chi connectivity index (χ1v) is 3.47. The molecule has 62 valence electrons. The normalized spacial score (nSPS) is 23.7. The molecule has 0 aromatic rings. The van der Waals surface area contributed by atoms with Gasteiger partial charge in [-0.1, -0.05) is 0 Å². The van der Waals surface area contributed by atoms with Gasteiger partial charge in [0.1, 0.15) is 12.6 Å². The largest absolute Gasteiger partial charge is 0.483 e. The Morgan fingerprint density at radius 3 is 2.55 bits per heavy atom. The van der Waals surface area contributed by atoms with Crippen molar-refractivity contribution in [3.05, 3.63) is 0 Å². The smallest absolute Gasteiger partial charge is 0.208 e. The summed E-state index contributed by atoms with van der Waals surface area (Å²) in [5, 5.41) is 0. The van der Waals surface area contributed by atoms with Gasteiger partial charge in [-0.2, -0.15) is 0 Å². The van der Waals surface area contributed by atoms with Crippen LogP contribution in [0.25, 0.3) is 0 Å². The molecule has 4 nitrogen and oxygen atoms in total. The highest BCUT2D eigenvalue weighted by atomic mass is 16.5. The summed E-state index contributed by atoms with van der Waals surface area (Å²) < 4.78 is 9.93. The fourth-order valence-corrected chi connectivity index (χ4v) is 0.942. The molecule has 0 fully saturated rings. The molecule has 0 radical (unpaired) electrons. The molecule has 0 aromatic heterocycles.